The fraction of sp³-hybridized carbons (Fsp3) is 0.462. The van der Waals surface area contributed by atoms with E-state index in [4.69, 9.17) is 5.73 Å². The molecular formula is C13H18N2OS. The quantitative estimate of drug-likeness (QED) is 0.791. The summed E-state index contributed by atoms with van der Waals surface area (Å²) in [5.41, 5.74) is 8.08. The average Bonchev–Trinajstić information content (AvgIpc) is 2.29. The van der Waals surface area contributed by atoms with Gasteiger partial charge in [0.1, 0.15) is 0 Å². The molecule has 1 aromatic rings. The van der Waals surface area contributed by atoms with Crippen molar-refractivity contribution in [3.63, 3.8) is 0 Å². The first-order valence-corrected chi connectivity index (χ1v) is 7.06. The van der Waals surface area contributed by atoms with E-state index in [0.29, 0.717) is 17.3 Å². The Morgan fingerprint density at radius 1 is 1.35 bits per heavy atom. The van der Waals surface area contributed by atoms with E-state index in [1.807, 2.05) is 30.8 Å². The largest absolute Gasteiger partial charge is 0.399 e. The summed E-state index contributed by atoms with van der Waals surface area (Å²) < 4.78 is 0. The number of thioether (sulfide) groups is 1. The van der Waals surface area contributed by atoms with Crippen LogP contribution in [0.2, 0.25) is 0 Å². The molecule has 3 N–H and O–H groups in total. The lowest BCUT2D eigenvalue weighted by Gasteiger charge is -2.22. The van der Waals surface area contributed by atoms with E-state index in [1.54, 1.807) is 6.07 Å². The second-order valence-electron chi connectivity index (χ2n) is 4.49. The van der Waals surface area contributed by atoms with Crippen LogP contribution < -0.4 is 11.1 Å². The van der Waals surface area contributed by atoms with Gasteiger partial charge in [-0.3, -0.25) is 4.79 Å². The van der Waals surface area contributed by atoms with Crippen molar-refractivity contribution in [1.29, 1.82) is 0 Å². The maximum absolute atomic E-state index is 12.0. The Morgan fingerprint density at radius 2 is 2.06 bits per heavy atom. The highest BCUT2D eigenvalue weighted by atomic mass is 32.2. The molecule has 1 amide bonds. The van der Waals surface area contributed by atoms with E-state index >= 15 is 0 Å². The van der Waals surface area contributed by atoms with E-state index in [9.17, 15) is 4.79 Å². The van der Waals surface area contributed by atoms with Crippen LogP contribution in [0.1, 0.15) is 28.8 Å². The molecule has 1 aromatic carbocycles. The van der Waals surface area contributed by atoms with Crippen LogP contribution in [0, 0.1) is 6.92 Å². The van der Waals surface area contributed by atoms with Gasteiger partial charge < -0.3 is 11.1 Å². The number of rotatable bonds is 2. The molecule has 1 fully saturated rings. The number of hydrogen-bond donors (Lipinski definition) is 2. The van der Waals surface area contributed by atoms with Gasteiger partial charge in [0, 0.05) is 17.3 Å². The van der Waals surface area contributed by atoms with Crippen molar-refractivity contribution in [2.45, 2.75) is 25.8 Å². The van der Waals surface area contributed by atoms with Crippen molar-refractivity contribution >= 4 is 23.4 Å². The van der Waals surface area contributed by atoms with Crippen LogP contribution in [0.5, 0.6) is 0 Å². The number of amides is 1. The normalized spacial score (nSPS) is 16.8. The van der Waals surface area contributed by atoms with E-state index in [0.717, 1.165) is 29.9 Å². The second kappa shape index (κ2) is 5.45. The fourth-order valence-corrected chi connectivity index (χ4v) is 3.16. The molecule has 3 nitrogen and oxygen atoms in total. The minimum Gasteiger partial charge on any atom is -0.399 e. The lowest BCUT2D eigenvalue weighted by molar-refractivity contribution is 0.0935. The Labute approximate surface area is 106 Å². The minimum absolute atomic E-state index is 0.00250. The van der Waals surface area contributed by atoms with Crippen LogP contribution in [0.25, 0.3) is 0 Å². The van der Waals surface area contributed by atoms with Crippen molar-refractivity contribution in [2.24, 2.45) is 0 Å². The highest BCUT2D eigenvalue weighted by molar-refractivity contribution is 7.99. The van der Waals surface area contributed by atoms with Crippen LogP contribution >= 0.6 is 11.8 Å². The maximum Gasteiger partial charge on any atom is 0.251 e. The molecule has 0 aromatic heterocycles. The Morgan fingerprint density at radius 3 is 2.71 bits per heavy atom. The molecule has 17 heavy (non-hydrogen) atoms. The van der Waals surface area contributed by atoms with Gasteiger partial charge in [0.25, 0.3) is 5.91 Å². The third kappa shape index (κ3) is 3.40. The van der Waals surface area contributed by atoms with Crippen molar-refractivity contribution in [3.05, 3.63) is 29.3 Å². The topological polar surface area (TPSA) is 55.1 Å². The highest BCUT2D eigenvalue weighted by Gasteiger charge is 2.17. The molecule has 2 rings (SSSR count). The number of nitrogen functional groups attached to an aromatic ring is 1. The first kappa shape index (κ1) is 12.3. The van der Waals surface area contributed by atoms with Gasteiger partial charge in [-0.2, -0.15) is 11.8 Å². The number of hydrogen-bond acceptors (Lipinski definition) is 3. The van der Waals surface area contributed by atoms with Crippen LogP contribution in [0.3, 0.4) is 0 Å². The standard InChI is InChI=1S/C13H18N2OS/c1-9-6-10(8-11(14)7-9)13(16)15-12-2-4-17-5-3-12/h6-8,12H,2-5,14H2,1H3,(H,15,16). The van der Waals surface area contributed by atoms with E-state index in [1.165, 1.54) is 0 Å². The van der Waals surface area contributed by atoms with Crippen molar-refractivity contribution < 1.29 is 4.79 Å². The summed E-state index contributed by atoms with van der Waals surface area (Å²) in [5, 5.41) is 3.08. The predicted octanol–water partition coefficient (Wildman–Crippen LogP) is 2.20. The Bertz CT molecular complexity index is 394. The second-order valence-corrected chi connectivity index (χ2v) is 5.72. The fourth-order valence-electron chi connectivity index (χ4n) is 2.05. The van der Waals surface area contributed by atoms with Crippen molar-refractivity contribution in [1.82, 2.24) is 5.32 Å². The smallest absolute Gasteiger partial charge is 0.251 e. The molecule has 0 radical (unpaired) electrons. The van der Waals surface area contributed by atoms with Gasteiger partial charge in [-0.1, -0.05) is 0 Å². The molecule has 1 aliphatic heterocycles. The molecular weight excluding hydrogens is 232 g/mol. The molecule has 92 valence electrons. The first-order valence-electron chi connectivity index (χ1n) is 5.91. The number of benzene rings is 1. The molecule has 0 aliphatic carbocycles. The van der Waals surface area contributed by atoms with Crippen LogP contribution in [-0.2, 0) is 0 Å². The number of anilines is 1. The SMILES string of the molecule is Cc1cc(N)cc(C(=O)NC2CCSCC2)c1. The number of aryl methyl sites for hydroxylation is 1. The average molecular weight is 250 g/mol. The van der Waals surface area contributed by atoms with E-state index < -0.39 is 0 Å². The molecule has 1 aliphatic rings. The van der Waals surface area contributed by atoms with Gasteiger partial charge in [-0.15, -0.1) is 0 Å². The van der Waals surface area contributed by atoms with Gasteiger partial charge in [-0.05, 0) is 55.0 Å². The minimum atomic E-state index is -0.00250. The van der Waals surface area contributed by atoms with E-state index in [2.05, 4.69) is 5.32 Å². The highest BCUT2D eigenvalue weighted by Crippen LogP contribution is 2.18. The molecule has 0 unspecified atom stereocenters. The van der Waals surface area contributed by atoms with Gasteiger partial charge in [0.05, 0.1) is 0 Å². The summed E-state index contributed by atoms with van der Waals surface area (Å²) in [4.78, 5) is 12.0. The van der Waals surface area contributed by atoms with Gasteiger partial charge in [0.2, 0.25) is 0 Å². The Hall–Kier alpha value is -1.16. The zero-order chi connectivity index (χ0) is 12.3. The predicted molar refractivity (Wildman–Crippen MR) is 73.4 cm³/mol. The maximum atomic E-state index is 12.0. The molecule has 4 heteroatoms. The summed E-state index contributed by atoms with van der Waals surface area (Å²) in [6, 6.07) is 5.81. The summed E-state index contributed by atoms with van der Waals surface area (Å²) in [5.74, 6) is 2.28. The van der Waals surface area contributed by atoms with Gasteiger partial charge in [-0.25, -0.2) is 0 Å². The Kier molecular flexibility index (Phi) is 3.94. The number of carbonyl (C=O) groups excluding carboxylic acids is 1. The van der Waals surface area contributed by atoms with Crippen LogP contribution in [0.15, 0.2) is 18.2 Å². The number of nitrogens with two attached hydrogens (primary N) is 1. The molecule has 0 bridgehead atoms. The summed E-state index contributed by atoms with van der Waals surface area (Å²) in [6.45, 7) is 1.95. The first-order chi connectivity index (χ1) is 8.15. The third-order valence-corrected chi connectivity index (χ3v) is 3.97. The van der Waals surface area contributed by atoms with Crippen molar-refractivity contribution in [2.75, 3.05) is 17.2 Å². The zero-order valence-corrected chi connectivity index (χ0v) is 10.8. The molecule has 0 atom stereocenters. The number of carbonyl (C=O) groups is 1. The lowest BCUT2D eigenvalue weighted by Crippen LogP contribution is -2.37. The Balaban J connectivity index is 2.03. The molecule has 0 saturated carbocycles. The molecule has 1 saturated heterocycles. The van der Waals surface area contributed by atoms with Crippen molar-refractivity contribution in [3.8, 4) is 0 Å². The molecule has 0 spiro atoms. The summed E-state index contributed by atoms with van der Waals surface area (Å²) in [7, 11) is 0. The van der Waals surface area contributed by atoms with Crippen LogP contribution in [-0.4, -0.2) is 23.5 Å². The third-order valence-electron chi connectivity index (χ3n) is 2.92. The molecule has 1 heterocycles. The van der Waals surface area contributed by atoms with Gasteiger partial charge in [0.15, 0.2) is 0 Å². The lowest BCUT2D eigenvalue weighted by atomic mass is 10.1. The monoisotopic (exact) mass is 250 g/mol. The van der Waals surface area contributed by atoms with Gasteiger partial charge >= 0.3 is 0 Å². The zero-order valence-electron chi connectivity index (χ0n) is 10.0. The summed E-state index contributed by atoms with van der Waals surface area (Å²) >= 11 is 1.96. The summed E-state index contributed by atoms with van der Waals surface area (Å²) in [6.07, 6.45) is 2.13. The number of nitrogens with one attached hydrogen (secondary N) is 1. The van der Waals surface area contributed by atoms with E-state index in [-0.39, 0.29) is 5.91 Å². The van der Waals surface area contributed by atoms with Crippen LogP contribution in [0.4, 0.5) is 5.69 Å².